The summed E-state index contributed by atoms with van der Waals surface area (Å²) in [6.45, 7) is 2.98. The molecule has 1 unspecified atom stereocenters. The van der Waals surface area contributed by atoms with Crippen molar-refractivity contribution in [2.24, 2.45) is 0 Å². The summed E-state index contributed by atoms with van der Waals surface area (Å²) in [4.78, 5) is 16.0. The maximum atomic E-state index is 12.0. The molecule has 1 fully saturated rings. The largest absolute Gasteiger partial charge is 0.508 e. The van der Waals surface area contributed by atoms with Crippen LogP contribution in [-0.4, -0.2) is 52.3 Å². The van der Waals surface area contributed by atoms with Gasteiger partial charge in [-0.2, -0.15) is 10.4 Å². The summed E-state index contributed by atoms with van der Waals surface area (Å²) < 4.78 is 30.2. The number of nitrogens with zero attached hydrogens (tertiary/aromatic N) is 4. The number of nitrogen functional groups attached to an aromatic ring is 1. The van der Waals surface area contributed by atoms with Gasteiger partial charge in [-0.05, 0) is 26.0 Å². The van der Waals surface area contributed by atoms with E-state index < -0.39 is 30.8 Å². The molecule has 4 rings (SSSR count). The molecular weight excluding hydrogens is 442 g/mol. The van der Waals surface area contributed by atoms with E-state index in [1.165, 1.54) is 6.33 Å². The first-order valence-electron chi connectivity index (χ1n) is 10.7. The van der Waals surface area contributed by atoms with Crippen molar-refractivity contribution in [2.75, 3.05) is 18.9 Å². The Bertz CT molecular complexity index is 1160. The summed E-state index contributed by atoms with van der Waals surface area (Å²) in [5.74, 6) is 0.313. The van der Waals surface area contributed by atoms with Crippen molar-refractivity contribution in [3.63, 3.8) is 0 Å². The lowest BCUT2D eigenvalue weighted by atomic mass is 10.1. The molecule has 0 saturated carbocycles. The summed E-state index contributed by atoms with van der Waals surface area (Å²) in [6.07, 6.45) is -2.83. The lowest BCUT2D eigenvalue weighted by Crippen LogP contribution is -2.38. The molecule has 11 nitrogen and oxygen atoms in total. The first-order chi connectivity index (χ1) is 16.5. The Morgan fingerprint density at radius 1 is 1.24 bits per heavy atom. The van der Waals surface area contributed by atoms with Crippen LogP contribution in [0, 0.1) is 11.3 Å². The van der Waals surface area contributed by atoms with Crippen LogP contribution >= 0.6 is 0 Å². The normalized spacial score (nSPS) is 20.8. The summed E-state index contributed by atoms with van der Waals surface area (Å²) in [5.41, 5.74) is 8.03. The summed E-state index contributed by atoms with van der Waals surface area (Å²) in [6, 6.07) is 14.9. The minimum Gasteiger partial charge on any atom is -0.432 e. The van der Waals surface area contributed by atoms with Crippen LogP contribution in [0.5, 0.6) is 0 Å². The molecule has 0 radical (unpaired) electrons. The molecule has 3 heterocycles. The predicted octanol–water partition coefficient (Wildman–Crippen LogP) is 2.94. The Labute approximate surface area is 195 Å². The molecule has 0 bridgehead atoms. The minimum atomic E-state index is -0.843. The molecule has 3 aromatic rings. The maximum Gasteiger partial charge on any atom is 0.508 e. The maximum absolute atomic E-state index is 12.0. The van der Waals surface area contributed by atoms with Gasteiger partial charge in [-0.3, -0.25) is 0 Å². The third-order valence-electron chi connectivity index (χ3n) is 5.15. The van der Waals surface area contributed by atoms with Crippen molar-refractivity contribution < 1.29 is 28.5 Å². The molecule has 2 aromatic heterocycles. The highest BCUT2D eigenvalue weighted by molar-refractivity contribution is 5.65. The molecule has 1 aliphatic rings. The van der Waals surface area contributed by atoms with Crippen LogP contribution in [0.3, 0.4) is 0 Å². The number of hydrogen-bond acceptors (Lipinski definition) is 10. The van der Waals surface area contributed by atoms with Crippen LogP contribution in [0.2, 0.25) is 0 Å². The van der Waals surface area contributed by atoms with Crippen molar-refractivity contribution >= 4 is 17.5 Å². The van der Waals surface area contributed by atoms with Gasteiger partial charge in [0.15, 0.2) is 12.1 Å². The number of fused-ring (bicyclic) bond motifs is 1. The number of nitrogens with two attached hydrogens (primary N) is 1. The molecule has 1 aliphatic heterocycles. The zero-order chi connectivity index (χ0) is 24.1. The van der Waals surface area contributed by atoms with E-state index in [1.807, 2.05) is 42.5 Å². The Hall–Kier alpha value is -3.72. The van der Waals surface area contributed by atoms with Gasteiger partial charge >= 0.3 is 6.16 Å². The zero-order valence-electron chi connectivity index (χ0n) is 18.7. The van der Waals surface area contributed by atoms with Crippen LogP contribution in [0.15, 0.2) is 48.8 Å². The smallest absolute Gasteiger partial charge is 0.432 e. The zero-order valence-corrected chi connectivity index (χ0v) is 18.7. The Morgan fingerprint density at radius 2 is 2.03 bits per heavy atom. The van der Waals surface area contributed by atoms with Gasteiger partial charge in [-0.15, -0.1) is 0 Å². The first kappa shape index (κ1) is 23.4. The van der Waals surface area contributed by atoms with E-state index in [0.29, 0.717) is 17.0 Å². The number of anilines is 1. The molecule has 1 saturated heterocycles. The van der Waals surface area contributed by atoms with Crippen molar-refractivity contribution in [2.45, 2.75) is 44.6 Å². The Morgan fingerprint density at radius 3 is 2.76 bits per heavy atom. The molecular formula is C23H25N5O6. The average Bonchev–Trinajstić information content (AvgIpc) is 3.44. The SMILES string of the molecule is CC(C)OC(=O)OC[C@@H](OCC#N)[C@H]1OC(c2ccccc2)O[C@H]1c1ccc2c(N)ncnn12. The number of rotatable bonds is 8. The standard InChI is InChI=1S/C23H25N5O6/c1-14(2)32-23(29)31-12-18(30-11-10-24)20-19(33-22(34-20)15-6-4-3-5-7-15)16-8-9-17-21(25)26-13-27-28(16)17/h3-9,13-14,18-20,22H,11-12H2,1-2H3,(H2,25,26,27)/t18-,19+,20-,22?/m1/s1. The van der Waals surface area contributed by atoms with Crippen molar-refractivity contribution in [1.82, 2.24) is 14.6 Å². The predicted molar refractivity (Wildman–Crippen MR) is 118 cm³/mol. The van der Waals surface area contributed by atoms with Gasteiger partial charge in [0, 0.05) is 5.56 Å². The molecule has 11 heteroatoms. The average molecular weight is 467 g/mol. The van der Waals surface area contributed by atoms with Gasteiger partial charge in [-0.25, -0.2) is 14.3 Å². The van der Waals surface area contributed by atoms with Gasteiger partial charge in [0.1, 0.15) is 43.4 Å². The van der Waals surface area contributed by atoms with Crippen LogP contribution < -0.4 is 5.73 Å². The number of benzene rings is 1. The van der Waals surface area contributed by atoms with Gasteiger partial charge < -0.3 is 29.4 Å². The monoisotopic (exact) mass is 467 g/mol. The quantitative estimate of drug-likeness (QED) is 0.491. The highest BCUT2D eigenvalue weighted by atomic mass is 16.8. The Balaban J connectivity index is 1.66. The van der Waals surface area contributed by atoms with E-state index in [2.05, 4.69) is 10.1 Å². The fourth-order valence-corrected chi connectivity index (χ4v) is 3.69. The molecule has 0 amide bonds. The van der Waals surface area contributed by atoms with Crippen LogP contribution in [-0.2, 0) is 23.7 Å². The summed E-state index contributed by atoms with van der Waals surface area (Å²) in [7, 11) is 0. The van der Waals surface area contributed by atoms with Crippen molar-refractivity contribution in [3.05, 3.63) is 60.0 Å². The van der Waals surface area contributed by atoms with Gasteiger partial charge in [-0.1, -0.05) is 30.3 Å². The summed E-state index contributed by atoms with van der Waals surface area (Å²) in [5, 5.41) is 13.4. The van der Waals surface area contributed by atoms with Gasteiger partial charge in [0.2, 0.25) is 0 Å². The van der Waals surface area contributed by atoms with E-state index in [4.69, 9.17) is 34.7 Å². The highest BCUT2D eigenvalue weighted by Crippen LogP contribution is 2.42. The van der Waals surface area contributed by atoms with Crippen LogP contribution in [0.1, 0.15) is 37.5 Å². The molecule has 1 aromatic carbocycles. The number of carbonyl (C=O) groups excluding carboxylic acids is 1. The summed E-state index contributed by atoms with van der Waals surface area (Å²) >= 11 is 0. The second kappa shape index (κ2) is 10.5. The molecule has 0 spiro atoms. The van der Waals surface area contributed by atoms with E-state index in [0.717, 1.165) is 5.56 Å². The van der Waals surface area contributed by atoms with E-state index in [9.17, 15) is 4.79 Å². The highest BCUT2D eigenvalue weighted by Gasteiger charge is 2.45. The lowest BCUT2D eigenvalue weighted by Gasteiger charge is -2.25. The van der Waals surface area contributed by atoms with E-state index >= 15 is 0 Å². The third-order valence-corrected chi connectivity index (χ3v) is 5.15. The number of hydrogen-bond donors (Lipinski definition) is 1. The van der Waals surface area contributed by atoms with Gasteiger partial charge in [0.25, 0.3) is 0 Å². The van der Waals surface area contributed by atoms with Crippen molar-refractivity contribution in [1.29, 1.82) is 5.26 Å². The second-order valence-corrected chi connectivity index (χ2v) is 7.84. The van der Waals surface area contributed by atoms with E-state index in [1.54, 1.807) is 24.4 Å². The number of carbonyl (C=O) groups is 1. The van der Waals surface area contributed by atoms with Crippen LogP contribution in [0.25, 0.3) is 5.52 Å². The number of ether oxygens (including phenoxy) is 5. The lowest BCUT2D eigenvalue weighted by molar-refractivity contribution is -0.108. The third kappa shape index (κ3) is 5.09. The molecule has 178 valence electrons. The molecule has 4 atom stereocenters. The fraction of sp³-hybridized carbons (Fsp3) is 0.391. The van der Waals surface area contributed by atoms with Gasteiger partial charge in [0.05, 0.1) is 17.9 Å². The van der Waals surface area contributed by atoms with Crippen LogP contribution in [0.4, 0.5) is 10.6 Å². The minimum absolute atomic E-state index is 0.209. The van der Waals surface area contributed by atoms with E-state index in [-0.39, 0.29) is 19.3 Å². The second-order valence-electron chi connectivity index (χ2n) is 7.84. The number of nitriles is 1. The first-order valence-corrected chi connectivity index (χ1v) is 10.7. The fourth-order valence-electron chi connectivity index (χ4n) is 3.69. The topological polar surface area (TPSA) is 143 Å². The molecule has 34 heavy (non-hydrogen) atoms. The number of aromatic nitrogens is 3. The Kier molecular flexibility index (Phi) is 7.22. The molecule has 2 N–H and O–H groups in total. The molecule has 0 aliphatic carbocycles. The van der Waals surface area contributed by atoms with Crippen molar-refractivity contribution in [3.8, 4) is 6.07 Å².